The lowest BCUT2D eigenvalue weighted by Crippen LogP contribution is -2.57. The molecule has 2 heterocycles. The summed E-state index contributed by atoms with van der Waals surface area (Å²) in [5.74, 6) is 0. The smallest absolute Gasteiger partial charge is 0.394 e. The van der Waals surface area contributed by atoms with Crippen LogP contribution in [0.3, 0.4) is 0 Å². The second-order valence-corrected chi connectivity index (χ2v) is 6.58. The molecule has 2 rings (SSSR count). The molecule has 146 valence electrons. The number of pyridine rings is 1. The maximum atomic E-state index is 12.9. The predicted octanol–water partition coefficient (Wildman–Crippen LogP) is 1.84. The molecule has 9 nitrogen and oxygen atoms in total. The van der Waals surface area contributed by atoms with Crippen LogP contribution in [0.15, 0.2) is 22.3 Å². The molecule has 1 aliphatic rings. The van der Waals surface area contributed by atoms with E-state index in [1.54, 1.807) is 0 Å². The van der Waals surface area contributed by atoms with Crippen LogP contribution in [0.4, 0.5) is 13.2 Å². The van der Waals surface area contributed by atoms with Crippen molar-refractivity contribution in [1.29, 1.82) is 5.26 Å². The number of nitriles is 1. The van der Waals surface area contributed by atoms with Gasteiger partial charge in [0.1, 0.15) is 23.7 Å². The summed E-state index contributed by atoms with van der Waals surface area (Å²) < 4.78 is 49.3. The molecule has 0 bridgehead atoms. The van der Waals surface area contributed by atoms with Crippen LogP contribution in [0.1, 0.15) is 11.3 Å². The molecule has 0 spiro atoms. The molecule has 1 aliphatic heterocycles. The summed E-state index contributed by atoms with van der Waals surface area (Å²) in [7, 11) is 1.28. The maximum Gasteiger partial charge on any atom is 0.434 e. The fourth-order valence-corrected chi connectivity index (χ4v) is 3.72. The Morgan fingerprint density at radius 1 is 1.56 bits per heavy atom. The summed E-state index contributed by atoms with van der Waals surface area (Å²) in [6.07, 6.45) is -7.25. The number of methoxy groups -OCH3 is 1. The molecule has 0 saturated carbocycles. The van der Waals surface area contributed by atoms with E-state index in [4.69, 9.17) is 20.3 Å². The van der Waals surface area contributed by atoms with Crippen LogP contribution >= 0.6 is 11.8 Å². The number of nitrogens with zero attached hydrogens (tertiary/aromatic N) is 5. The number of alkyl halides is 3. The fraction of sp³-hybridized carbons (Fsp3) is 0.571. The number of aliphatic hydroxyl groups excluding tert-OH is 2. The van der Waals surface area contributed by atoms with Gasteiger partial charge in [0, 0.05) is 23.1 Å². The molecule has 1 saturated heterocycles. The Morgan fingerprint density at radius 2 is 2.26 bits per heavy atom. The maximum absolute atomic E-state index is 12.9. The molecule has 0 amide bonds. The summed E-state index contributed by atoms with van der Waals surface area (Å²) in [5.41, 5.74) is 5.77. The number of rotatable bonds is 5. The Balaban J connectivity index is 2.34. The molecule has 5 atom stereocenters. The van der Waals surface area contributed by atoms with Crippen molar-refractivity contribution in [3.8, 4) is 6.07 Å². The number of ether oxygens (including phenoxy) is 2. The zero-order valence-electron chi connectivity index (χ0n) is 13.7. The molecule has 1 aromatic heterocycles. The number of thioether (sulfide) groups is 1. The zero-order chi connectivity index (χ0) is 20.2. The molecule has 0 aliphatic carbocycles. The first-order chi connectivity index (χ1) is 12.8. The lowest BCUT2D eigenvalue weighted by atomic mass is 9.98. The lowest BCUT2D eigenvalue weighted by molar-refractivity contribution is -0.167. The van der Waals surface area contributed by atoms with Gasteiger partial charge in [0.05, 0.1) is 24.3 Å². The van der Waals surface area contributed by atoms with E-state index in [9.17, 15) is 23.4 Å². The van der Waals surface area contributed by atoms with Crippen molar-refractivity contribution in [2.24, 2.45) is 5.11 Å². The van der Waals surface area contributed by atoms with Crippen LogP contribution in [0.25, 0.3) is 10.4 Å². The van der Waals surface area contributed by atoms with E-state index < -0.39 is 53.8 Å². The number of aromatic nitrogens is 1. The normalized spacial score (nSPS) is 28.3. The summed E-state index contributed by atoms with van der Waals surface area (Å²) >= 11 is 0.863. The van der Waals surface area contributed by atoms with E-state index in [1.807, 2.05) is 0 Å². The molecular formula is C14H14F3N5O4S. The van der Waals surface area contributed by atoms with Gasteiger partial charge in [-0.15, -0.1) is 0 Å². The van der Waals surface area contributed by atoms with Gasteiger partial charge in [-0.3, -0.25) is 0 Å². The van der Waals surface area contributed by atoms with E-state index in [0.717, 1.165) is 24.0 Å². The Kier molecular flexibility index (Phi) is 6.88. The lowest BCUT2D eigenvalue weighted by Gasteiger charge is -2.41. The first kappa shape index (κ1) is 21.2. The minimum atomic E-state index is -4.77. The standard InChI is InChI=1S/C14H14F3N5O4S/c1-25-11-9(21-22-19)10(24)8(5-23)26-13(11)27-7-2-6(3-18)12(20-4-7)14(15,16)17/h2,4,8-11,13,23-24H,5H2,1H3/t8?,9?,10-,11?,13+/m0/s1. The van der Waals surface area contributed by atoms with Gasteiger partial charge < -0.3 is 19.7 Å². The van der Waals surface area contributed by atoms with Gasteiger partial charge in [-0.2, -0.15) is 18.4 Å². The van der Waals surface area contributed by atoms with Gasteiger partial charge in [-0.25, -0.2) is 4.98 Å². The zero-order valence-corrected chi connectivity index (χ0v) is 14.6. The average Bonchev–Trinajstić information content (AvgIpc) is 2.63. The van der Waals surface area contributed by atoms with Gasteiger partial charge >= 0.3 is 6.18 Å². The summed E-state index contributed by atoms with van der Waals surface area (Å²) in [6.45, 7) is -0.583. The summed E-state index contributed by atoms with van der Waals surface area (Å²) in [5, 5.41) is 31.9. The van der Waals surface area contributed by atoms with Gasteiger partial charge in [0.25, 0.3) is 0 Å². The number of halogens is 3. The Bertz CT molecular complexity index is 768. The summed E-state index contributed by atoms with van der Waals surface area (Å²) in [4.78, 5) is 6.11. The molecule has 27 heavy (non-hydrogen) atoms. The van der Waals surface area contributed by atoms with Gasteiger partial charge in [-0.05, 0) is 11.6 Å². The largest absolute Gasteiger partial charge is 0.434 e. The molecule has 2 N–H and O–H groups in total. The van der Waals surface area contributed by atoms with Crippen LogP contribution in [0.2, 0.25) is 0 Å². The van der Waals surface area contributed by atoms with Crippen molar-refractivity contribution in [2.45, 2.75) is 40.9 Å². The highest BCUT2D eigenvalue weighted by atomic mass is 32.2. The van der Waals surface area contributed by atoms with Crippen LogP contribution in [0.5, 0.6) is 0 Å². The Labute approximate surface area is 155 Å². The molecule has 13 heteroatoms. The van der Waals surface area contributed by atoms with E-state index >= 15 is 0 Å². The van der Waals surface area contributed by atoms with E-state index in [2.05, 4.69) is 15.0 Å². The van der Waals surface area contributed by atoms with Crippen molar-refractivity contribution in [3.05, 3.63) is 34.0 Å². The molecule has 0 radical (unpaired) electrons. The highest BCUT2D eigenvalue weighted by Gasteiger charge is 2.45. The third kappa shape index (κ3) is 4.62. The molecular weight excluding hydrogens is 391 g/mol. The fourth-order valence-electron chi connectivity index (χ4n) is 2.55. The van der Waals surface area contributed by atoms with Crippen molar-refractivity contribution in [3.63, 3.8) is 0 Å². The summed E-state index contributed by atoms with van der Waals surface area (Å²) in [6, 6.07) is 1.35. The number of azide groups is 1. The number of hydrogen-bond donors (Lipinski definition) is 2. The Hall–Kier alpha value is -2.07. The van der Waals surface area contributed by atoms with Crippen LogP contribution in [-0.4, -0.2) is 58.7 Å². The first-order valence-corrected chi connectivity index (χ1v) is 8.30. The molecule has 1 aromatic rings. The van der Waals surface area contributed by atoms with Crippen molar-refractivity contribution < 1.29 is 32.9 Å². The van der Waals surface area contributed by atoms with Gasteiger partial charge in [0.2, 0.25) is 0 Å². The highest BCUT2D eigenvalue weighted by Crippen LogP contribution is 2.37. The second kappa shape index (κ2) is 8.75. The topological polar surface area (TPSA) is 144 Å². The minimum absolute atomic E-state index is 0.166. The predicted molar refractivity (Wildman–Crippen MR) is 85.3 cm³/mol. The molecule has 1 fully saturated rings. The second-order valence-electron chi connectivity index (χ2n) is 5.41. The average molecular weight is 405 g/mol. The molecule has 3 unspecified atom stereocenters. The van der Waals surface area contributed by atoms with E-state index in [-0.39, 0.29) is 4.90 Å². The third-order valence-corrected chi connectivity index (χ3v) is 4.89. The van der Waals surface area contributed by atoms with Crippen LogP contribution in [0, 0.1) is 11.3 Å². The highest BCUT2D eigenvalue weighted by molar-refractivity contribution is 7.99. The number of aliphatic hydroxyl groups is 2. The van der Waals surface area contributed by atoms with Crippen LogP contribution in [-0.2, 0) is 15.7 Å². The number of hydrogen-bond acceptors (Lipinski definition) is 8. The van der Waals surface area contributed by atoms with Crippen LogP contribution < -0.4 is 0 Å². The monoisotopic (exact) mass is 405 g/mol. The van der Waals surface area contributed by atoms with E-state index in [0.29, 0.717) is 0 Å². The first-order valence-electron chi connectivity index (χ1n) is 7.42. The van der Waals surface area contributed by atoms with Crippen molar-refractivity contribution in [1.82, 2.24) is 4.98 Å². The third-order valence-electron chi connectivity index (χ3n) is 3.79. The van der Waals surface area contributed by atoms with E-state index in [1.165, 1.54) is 13.2 Å². The minimum Gasteiger partial charge on any atom is -0.394 e. The van der Waals surface area contributed by atoms with Crippen molar-refractivity contribution in [2.75, 3.05) is 13.7 Å². The quantitative estimate of drug-likeness (QED) is 0.432. The SMILES string of the molecule is COC1C(N=[N+]=[N-])[C@@H](O)C(CO)O[C@@H]1Sc1cnc(C(F)(F)F)c(C#N)c1. The van der Waals surface area contributed by atoms with Gasteiger partial charge in [-0.1, -0.05) is 16.9 Å². The molecule has 0 aromatic carbocycles. The van der Waals surface area contributed by atoms with Crippen molar-refractivity contribution >= 4 is 11.8 Å². The Morgan fingerprint density at radius 3 is 2.78 bits per heavy atom. The van der Waals surface area contributed by atoms with Gasteiger partial charge in [0.15, 0.2) is 5.69 Å².